The summed E-state index contributed by atoms with van der Waals surface area (Å²) < 4.78 is 34.6. The van der Waals surface area contributed by atoms with Crippen molar-refractivity contribution in [3.63, 3.8) is 0 Å². The van der Waals surface area contributed by atoms with E-state index in [0.717, 1.165) is 11.1 Å². The second-order valence-corrected chi connectivity index (χ2v) is 14.4. The van der Waals surface area contributed by atoms with Crippen LogP contribution >= 0.6 is 23.2 Å². The van der Waals surface area contributed by atoms with Crippen molar-refractivity contribution in [2.45, 2.75) is 58.0 Å². The van der Waals surface area contributed by atoms with Gasteiger partial charge < -0.3 is 14.7 Å². The van der Waals surface area contributed by atoms with Gasteiger partial charge in [-0.05, 0) is 48.2 Å². The number of amides is 1. The van der Waals surface area contributed by atoms with E-state index in [9.17, 15) is 23.1 Å². The minimum Gasteiger partial charge on any atom is -0.481 e. The van der Waals surface area contributed by atoms with Crippen LogP contribution in [0.5, 0.6) is 0 Å². The zero-order chi connectivity index (χ0) is 29.3. The molecule has 8 nitrogen and oxygen atoms in total. The van der Waals surface area contributed by atoms with Gasteiger partial charge in [0.2, 0.25) is 15.9 Å². The fourth-order valence-electron chi connectivity index (χ4n) is 5.82. The number of carboxylic acids is 1. The van der Waals surface area contributed by atoms with Crippen LogP contribution < -0.4 is 4.72 Å². The number of benzene rings is 2. The summed E-state index contributed by atoms with van der Waals surface area (Å²) in [6.07, 6.45) is 0.219. The van der Waals surface area contributed by atoms with Crippen molar-refractivity contribution in [1.29, 1.82) is 0 Å². The second-order valence-electron chi connectivity index (χ2n) is 11.7. The monoisotopic (exact) mass is 610 g/mol. The molecule has 2 saturated heterocycles. The molecule has 0 radical (unpaired) electrons. The lowest BCUT2D eigenvalue weighted by Gasteiger charge is -2.51. The topological polar surface area (TPSA) is 113 Å². The quantitative estimate of drug-likeness (QED) is 0.358. The lowest BCUT2D eigenvalue weighted by molar-refractivity contribution is -0.160. The van der Waals surface area contributed by atoms with Crippen LogP contribution in [0.4, 0.5) is 0 Å². The summed E-state index contributed by atoms with van der Waals surface area (Å²) in [7, 11) is -3.79. The van der Waals surface area contributed by atoms with Gasteiger partial charge in [0.1, 0.15) is 0 Å². The third kappa shape index (κ3) is 6.82. The molecule has 0 saturated carbocycles. The summed E-state index contributed by atoms with van der Waals surface area (Å²) >= 11 is 12.6. The summed E-state index contributed by atoms with van der Waals surface area (Å²) in [5, 5.41) is 10.8. The molecule has 2 N–H and O–H groups in total. The first-order valence-corrected chi connectivity index (χ1v) is 15.8. The maximum atomic E-state index is 14.3. The van der Waals surface area contributed by atoms with Gasteiger partial charge in [0.05, 0.1) is 36.8 Å². The van der Waals surface area contributed by atoms with Gasteiger partial charge >= 0.3 is 5.97 Å². The van der Waals surface area contributed by atoms with Crippen molar-refractivity contribution in [3.05, 3.63) is 69.7 Å². The molecule has 0 aromatic heterocycles. The molecule has 2 aliphatic heterocycles. The summed E-state index contributed by atoms with van der Waals surface area (Å²) in [5.74, 6) is -2.14. The molecule has 2 aliphatic rings. The van der Waals surface area contributed by atoms with Crippen LogP contribution in [-0.2, 0) is 24.3 Å². The van der Waals surface area contributed by atoms with E-state index in [1.807, 2.05) is 44.2 Å². The summed E-state index contributed by atoms with van der Waals surface area (Å²) in [5.41, 5.74) is 0.0981. The zero-order valence-corrected chi connectivity index (χ0v) is 25.2. The van der Waals surface area contributed by atoms with Gasteiger partial charge in [0.15, 0.2) is 0 Å². The number of carboxylic acid groups (broad SMARTS) is 1. The molecular formula is C29H36Cl2N2O6S. The van der Waals surface area contributed by atoms with Crippen LogP contribution in [0.3, 0.4) is 0 Å². The summed E-state index contributed by atoms with van der Waals surface area (Å²) in [6.45, 7) is 6.64. The van der Waals surface area contributed by atoms with E-state index in [2.05, 4.69) is 4.72 Å². The fraction of sp³-hybridized carbons (Fsp3) is 0.517. The van der Waals surface area contributed by atoms with Gasteiger partial charge in [-0.1, -0.05) is 68.2 Å². The number of aliphatic carboxylic acids is 1. The Balaban J connectivity index is 1.80. The Bertz CT molecular complexity index is 1350. The maximum absolute atomic E-state index is 14.3. The lowest BCUT2D eigenvalue weighted by Crippen LogP contribution is -2.58. The van der Waals surface area contributed by atoms with E-state index in [1.54, 1.807) is 30.0 Å². The van der Waals surface area contributed by atoms with E-state index in [-0.39, 0.29) is 42.4 Å². The lowest BCUT2D eigenvalue weighted by atomic mass is 9.67. The first-order chi connectivity index (χ1) is 18.8. The molecule has 0 bridgehead atoms. The number of hydrogen-bond donors (Lipinski definition) is 2. The van der Waals surface area contributed by atoms with Crippen LogP contribution in [0, 0.1) is 10.8 Å². The smallest absolute Gasteiger partial charge is 0.304 e. The molecule has 11 heteroatoms. The van der Waals surface area contributed by atoms with Crippen molar-refractivity contribution < 1.29 is 27.9 Å². The van der Waals surface area contributed by atoms with Crippen molar-refractivity contribution in [2.75, 3.05) is 25.5 Å². The predicted octanol–water partition coefficient (Wildman–Crippen LogP) is 5.27. The maximum Gasteiger partial charge on any atom is 0.304 e. The highest BCUT2D eigenvalue weighted by molar-refractivity contribution is 7.89. The van der Waals surface area contributed by atoms with E-state index < -0.39 is 33.5 Å². The van der Waals surface area contributed by atoms with Crippen molar-refractivity contribution >= 4 is 45.1 Å². The number of likely N-dealkylation sites (tertiary alicyclic amines) is 1. The Morgan fingerprint density at radius 3 is 2.35 bits per heavy atom. The molecule has 4 rings (SSSR count). The Kier molecular flexibility index (Phi) is 9.22. The van der Waals surface area contributed by atoms with Crippen LogP contribution in [0.25, 0.3) is 0 Å². The molecule has 1 amide bonds. The van der Waals surface area contributed by atoms with Crippen LogP contribution in [0.1, 0.15) is 63.1 Å². The Hall–Kier alpha value is -2.17. The first-order valence-electron chi connectivity index (χ1n) is 13.4. The van der Waals surface area contributed by atoms with E-state index in [0.29, 0.717) is 29.7 Å². The molecule has 218 valence electrons. The molecule has 40 heavy (non-hydrogen) atoms. The van der Waals surface area contributed by atoms with Crippen molar-refractivity contribution in [2.24, 2.45) is 10.8 Å². The molecule has 2 aromatic rings. The van der Waals surface area contributed by atoms with Gasteiger partial charge in [0.25, 0.3) is 0 Å². The van der Waals surface area contributed by atoms with Gasteiger partial charge in [-0.15, -0.1) is 0 Å². The number of carbonyl (C=O) groups excluding carboxylic acids is 1. The van der Waals surface area contributed by atoms with Gasteiger partial charge in [-0.2, -0.15) is 0 Å². The van der Waals surface area contributed by atoms with E-state index in [1.165, 1.54) is 0 Å². The van der Waals surface area contributed by atoms with Crippen LogP contribution in [-0.4, -0.2) is 61.9 Å². The van der Waals surface area contributed by atoms with E-state index >= 15 is 0 Å². The number of nitrogens with one attached hydrogen (secondary N) is 1. The zero-order valence-electron chi connectivity index (χ0n) is 22.9. The third-order valence-electron chi connectivity index (χ3n) is 8.03. The highest BCUT2D eigenvalue weighted by Crippen LogP contribution is 2.52. The third-order valence-corrected chi connectivity index (χ3v) is 9.92. The molecule has 0 spiro atoms. The molecule has 0 aliphatic carbocycles. The molecule has 2 aromatic carbocycles. The Morgan fingerprint density at radius 1 is 1.12 bits per heavy atom. The largest absolute Gasteiger partial charge is 0.481 e. The van der Waals surface area contributed by atoms with Crippen LogP contribution in [0.15, 0.2) is 48.5 Å². The second kappa shape index (κ2) is 12.0. The van der Waals surface area contributed by atoms with Crippen LogP contribution in [0.2, 0.25) is 10.0 Å². The minimum atomic E-state index is -3.79. The highest BCUT2D eigenvalue weighted by Gasteiger charge is 2.52. The van der Waals surface area contributed by atoms with Gasteiger partial charge in [0, 0.05) is 34.0 Å². The SMILES string of the molecule is CC[C@@H](CS(=O)(=O)NCC1(C)COC1)N1C(=O)[C@](C)(CC(=O)O)C[C@H](c2cccc(Cl)c2)[C@H]1c1ccc(Cl)cc1. The number of sulfonamides is 1. The number of hydrogen-bond acceptors (Lipinski definition) is 5. The Labute approximate surface area is 246 Å². The van der Waals surface area contributed by atoms with Crippen molar-refractivity contribution in [1.82, 2.24) is 9.62 Å². The number of ether oxygens (including phenoxy) is 1. The van der Waals surface area contributed by atoms with Crippen molar-refractivity contribution in [3.8, 4) is 0 Å². The average molecular weight is 612 g/mol. The Morgan fingerprint density at radius 2 is 1.80 bits per heavy atom. The predicted molar refractivity (Wildman–Crippen MR) is 155 cm³/mol. The highest BCUT2D eigenvalue weighted by atomic mass is 35.5. The first kappa shape index (κ1) is 30.8. The van der Waals surface area contributed by atoms with Gasteiger partial charge in [-0.25, -0.2) is 13.1 Å². The number of piperidine rings is 1. The number of halogens is 2. The number of rotatable bonds is 11. The number of nitrogens with zero attached hydrogens (tertiary/aromatic N) is 1. The molecular weight excluding hydrogens is 575 g/mol. The minimum absolute atomic E-state index is 0.238. The molecule has 2 fully saturated rings. The molecule has 4 atom stereocenters. The fourth-order valence-corrected chi connectivity index (χ4v) is 7.74. The van der Waals surface area contributed by atoms with Gasteiger partial charge in [-0.3, -0.25) is 9.59 Å². The summed E-state index contributed by atoms with van der Waals surface area (Å²) in [4.78, 5) is 27.9. The van der Waals surface area contributed by atoms with E-state index in [4.69, 9.17) is 27.9 Å². The summed E-state index contributed by atoms with van der Waals surface area (Å²) in [6, 6.07) is 13.2. The molecule has 2 heterocycles. The normalized spacial score (nSPS) is 25.3. The standard InChI is InChI=1S/C29H36Cl2N2O6S/c1-4-23(15-40(37,38)32-16-28(2)17-39-18-28)33-26(19-8-10-21(30)11-9-19)24(20-6-5-7-22(31)12-20)13-29(3,27(33)36)14-25(34)35/h5-12,23-24,26,32H,4,13-18H2,1-3H3,(H,34,35)/t23-,24+,26+,29-/m0/s1. The molecule has 0 unspecified atom stereocenters. The number of carbonyl (C=O) groups is 2. The average Bonchev–Trinajstić information content (AvgIpc) is 2.87.